The van der Waals surface area contributed by atoms with Crippen LogP contribution in [0.3, 0.4) is 0 Å². The summed E-state index contributed by atoms with van der Waals surface area (Å²) in [6.45, 7) is -0.814. The van der Waals surface area contributed by atoms with Crippen molar-refractivity contribution in [2.24, 2.45) is 0 Å². The monoisotopic (exact) mass is 258 g/mol. The molecule has 3 atom stereocenters. The van der Waals surface area contributed by atoms with Crippen LogP contribution in [0.25, 0.3) is 0 Å². The zero-order valence-electron chi connectivity index (χ0n) is 10.1. The summed E-state index contributed by atoms with van der Waals surface area (Å²) >= 11 is 0. The molecule has 0 radical (unpaired) electrons. The molecule has 0 spiro atoms. The number of methoxy groups -OCH3 is 1. The summed E-state index contributed by atoms with van der Waals surface area (Å²) < 4.78 is 10.2. The van der Waals surface area contributed by atoms with E-state index in [0.717, 1.165) is 0 Å². The van der Waals surface area contributed by atoms with Gasteiger partial charge in [-0.2, -0.15) is 0 Å². The van der Waals surface area contributed by atoms with E-state index in [1.54, 1.807) is 31.4 Å². The van der Waals surface area contributed by atoms with Gasteiger partial charge in [-0.25, -0.2) is 0 Å². The van der Waals surface area contributed by atoms with Gasteiger partial charge in [-0.1, -0.05) is 0 Å². The van der Waals surface area contributed by atoms with Crippen LogP contribution in [0.15, 0.2) is 24.3 Å². The summed E-state index contributed by atoms with van der Waals surface area (Å²) in [7, 11) is 1.55. The summed E-state index contributed by atoms with van der Waals surface area (Å²) in [5, 5.41) is 36.6. The van der Waals surface area contributed by atoms with E-state index in [1.807, 2.05) is 0 Å². The zero-order valence-corrected chi connectivity index (χ0v) is 10.1. The zero-order chi connectivity index (χ0) is 13.5. The first-order valence-electron chi connectivity index (χ1n) is 5.50. The van der Waals surface area contributed by atoms with E-state index in [4.69, 9.17) is 19.7 Å². The van der Waals surface area contributed by atoms with E-state index >= 15 is 0 Å². The van der Waals surface area contributed by atoms with Crippen molar-refractivity contribution in [3.63, 3.8) is 0 Å². The Morgan fingerprint density at radius 3 is 2.06 bits per heavy atom. The third kappa shape index (κ3) is 4.15. The number of hydrogen-bond acceptors (Lipinski definition) is 6. The molecule has 1 aromatic rings. The molecule has 0 heterocycles. The van der Waals surface area contributed by atoms with Gasteiger partial charge in [0.25, 0.3) is 0 Å². The molecule has 0 amide bonds. The molecule has 0 saturated carbocycles. The molecule has 0 fully saturated rings. The van der Waals surface area contributed by atoms with Crippen molar-refractivity contribution >= 4 is 0 Å². The Labute approximate surface area is 105 Å². The highest BCUT2D eigenvalue weighted by atomic mass is 16.5. The minimum atomic E-state index is -1.45. The minimum absolute atomic E-state index is 0.190. The number of aliphatic hydroxyl groups is 4. The Morgan fingerprint density at radius 1 is 1.00 bits per heavy atom. The first kappa shape index (κ1) is 14.7. The van der Waals surface area contributed by atoms with Crippen molar-refractivity contribution < 1.29 is 29.9 Å². The summed E-state index contributed by atoms with van der Waals surface area (Å²) in [5.74, 6) is 1.18. The molecule has 6 heteroatoms. The minimum Gasteiger partial charge on any atom is -0.497 e. The lowest BCUT2D eigenvalue weighted by Crippen LogP contribution is -2.42. The molecule has 0 aromatic heterocycles. The lowest BCUT2D eigenvalue weighted by Gasteiger charge is -2.21. The summed E-state index contributed by atoms with van der Waals surface area (Å²) in [6, 6.07) is 6.70. The highest BCUT2D eigenvalue weighted by molar-refractivity contribution is 5.31. The molecule has 0 aliphatic heterocycles. The standard InChI is InChI=1S/C12H18O6/c1-17-8-2-4-9(5-3-8)18-7-11(15)12(16)10(14)6-13/h2-5,10-16H,6-7H2,1H3/t10-,11+,12-/m0/s1. The third-order valence-electron chi connectivity index (χ3n) is 2.46. The van der Waals surface area contributed by atoms with Gasteiger partial charge in [0.05, 0.1) is 13.7 Å². The SMILES string of the molecule is COc1ccc(OC[C@@H](O)[C@@H](O)[C@@H](O)CO)cc1. The molecule has 1 rings (SSSR count). The lowest BCUT2D eigenvalue weighted by molar-refractivity contribution is -0.0871. The van der Waals surface area contributed by atoms with Crippen LogP contribution in [0.1, 0.15) is 0 Å². The van der Waals surface area contributed by atoms with E-state index < -0.39 is 24.9 Å². The summed E-state index contributed by atoms with van der Waals surface area (Å²) in [6.07, 6.45) is -4.12. The van der Waals surface area contributed by atoms with Crippen LogP contribution in [0.4, 0.5) is 0 Å². The van der Waals surface area contributed by atoms with Crippen LogP contribution in [-0.4, -0.2) is 59.1 Å². The number of ether oxygens (including phenoxy) is 2. The van der Waals surface area contributed by atoms with Crippen molar-refractivity contribution in [2.45, 2.75) is 18.3 Å². The molecule has 4 N–H and O–H groups in total. The van der Waals surface area contributed by atoms with Crippen molar-refractivity contribution in [3.8, 4) is 11.5 Å². The molecular weight excluding hydrogens is 240 g/mol. The Balaban J connectivity index is 2.44. The molecule has 0 unspecified atom stereocenters. The van der Waals surface area contributed by atoms with Crippen LogP contribution in [0, 0.1) is 0 Å². The molecule has 0 aliphatic rings. The van der Waals surface area contributed by atoms with Gasteiger partial charge in [-0.15, -0.1) is 0 Å². The predicted octanol–water partition coefficient (Wildman–Crippen LogP) is -0.851. The number of aliphatic hydroxyl groups excluding tert-OH is 4. The maximum Gasteiger partial charge on any atom is 0.119 e. The van der Waals surface area contributed by atoms with Gasteiger partial charge < -0.3 is 29.9 Å². The highest BCUT2D eigenvalue weighted by Gasteiger charge is 2.24. The van der Waals surface area contributed by atoms with Crippen molar-refractivity contribution in [1.29, 1.82) is 0 Å². The van der Waals surface area contributed by atoms with Crippen LogP contribution in [0.2, 0.25) is 0 Å². The fraction of sp³-hybridized carbons (Fsp3) is 0.500. The highest BCUT2D eigenvalue weighted by Crippen LogP contribution is 2.17. The molecule has 1 aromatic carbocycles. The van der Waals surface area contributed by atoms with Gasteiger partial charge in [0, 0.05) is 0 Å². The lowest BCUT2D eigenvalue weighted by atomic mass is 10.1. The van der Waals surface area contributed by atoms with Gasteiger partial charge in [0.2, 0.25) is 0 Å². The maximum absolute atomic E-state index is 9.51. The Bertz CT molecular complexity index is 339. The van der Waals surface area contributed by atoms with Crippen molar-refractivity contribution in [3.05, 3.63) is 24.3 Å². The second-order valence-corrected chi connectivity index (χ2v) is 3.79. The topological polar surface area (TPSA) is 99.4 Å². The molecule has 0 aliphatic carbocycles. The van der Waals surface area contributed by atoms with E-state index in [0.29, 0.717) is 11.5 Å². The Morgan fingerprint density at radius 2 is 1.56 bits per heavy atom. The van der Waals surface area contributed by atoms with Crippen molar-refractivity contribution in [1.82, 2.24) is 0 Å². The fourth-order valence-corrected chi connectivity index (χ4v) is 1.32. The summed E-state index contributed by atoms with van der Waals surface area (Å²) in [5.41, 5.74) is 0. The molecule has 102 valence electrons. The van der Waals surface area contributed by atoms with E-state index in [9.17, 15) is 10.2 Å². The number of hydrogen-bond donors (Lipinski definition) is 4. The third-order valence-corrected chi connectivity index (χ3v) is 2.46. The average molecular weight is 258 g/mol. The van der Waals surface area contributed by atoms with Crippen LogP contribution in [0.5, 0.6) is 11.5 Å². The first-order chi connectivity index (χ1) is 8.58. The van der Waals surface area contributed by atoms with E-state index in [1.165, 1.54) is 0 Å². The summed E-state index contributed by atoms with van der Waals surface area (Å²) in [4.78, 5) is 0. The van der Waals surface area contributed by atoms with E-state index in [-0.39, 0.29) is 6.61 Å². The average Bonchev–Trinajstić information content (AvgIpc) is 2.43. The second kappa shape index (κ2) is 7.17. The van der Waals surface area contributed by atoms with Gasteiger partial charge in [0.1, 0.15) is 36.4 Å². The van der Waals surface area contributed by atoms with Gasteiger partial charge in [-0.3, -0.25) is 0 Å². The predicted molar refractivity (Wildman–Crippen MR) is 63.6 cm³/mol. The Hall–Kier alpha value is -1.34. The van der Waals surface area contributed by atoms with Crippen molar-refractivity contribution in [2.75, 3.05) is 20.3 Å². The number of rotatable bonds is 7. The first-order valence-corrected chi connectivity index (χ1v) is 5.50. The van der Waals surface area contributed by atoms with Gasteiger partial charge in [-0.05, 0) is 24.3 Å². The smallest absolute Gasteiger partial charge is 0.119 e. The molecule has 6 nitrogen and oxygen atoms in total. The normalized spacial score (nSPS) is 15.8. The van der Waals surface area contributed by atoms with Crippen LogP contribution in [-0.2, 0) is 0 Å². The number of benzene rings is 1. The molecule has 0 bridgehead atoms. The van der Waals surface area contributed by atoms with Gasteiger partial charge >= 0.3 is 0 Å². The fourth-order valence-electron chi connectivity index (χ4n) is 1.32. The maximum atomic E-state index is 9.51. The molecule has 0 saturated heterocycles. The molecular formula is C12H18O6. The quantitative estimate of drug-likeness (QED) is 0.508. The second-order valence-electron chi connectivity index (χ2n) is 3.79. The van der Waals surface area contributed by atoms with E-state index in [2.05, 4.69) is 0 Å². The van der Waals surface area contributed by atoms with Crippen LogP contribution >= 0.6 is 0 Å². The molecule has 18 heavy (non-hydrogen) atoms. The Kier molecular flexibility index (Phi) is 5.87. The van der Waals surface area contributed by atoms with Crippen LogP contribution < -0.4 is 9.47 Å². The van der Waals surface area contributed by atoms with Gasteiger partial charge in [0.15, 0.2) is 0 Å². The largest absolute Gasteiger partial charge is 0.497 e.